The Morgan fingerprint density at radius 3 is 3.00 bits per heavy atom. The van der Waals surface area contributed by atoms with Crippen LogP contribution < -0.4 is 5.73 Å². The number of nitrogens with zero attached hydrogens (tertiary/aromatic N) is 1. The van der Waals surface area contributed by atoms with Gasteiger partial charge in [0.1, 0.15) is 11.9 Å². The Balaban J connectivity index is 2.43. The number of para-hydroxylation sites is 1. The first-order chi connectivity index (χ1) is 7.22. The lowest BCUT2D eigenvalue weighted by atomic mass is 10.2. The molecule has 0 spiro atoms. The molecule has 0 aliphatic heterocycles. The number of benzene rings is 1. The number of nitrogens with one attached hydrogen (secondary N) is 1. The third-order valence-corrected chi connectivity index (χ3v) is 2.49. The maximum absolute atomic E-state index is 9.74. The van der Waals surface area contributed by atoms with Gasteiger partial charge in [-0.15, -0.1) is 0 Å². The van der Waals surface area contributed by atoms with E-state index >= 15 is 0 Å². The number of hydrogen-bond donors (Lipinski definition) is 3. The number of hydrogen-bond acceptors (Lipinski definition) is 3. The molecule has 4 N–H and O–H groups in total. The molecule has 1 aromatic carbocycles. The fourth-order valence-corrected chi connectivity index (χ4v) is 1.65. The smallest absolute Gasteiger partial charge is 0.136 e. The molecule has 0 amide bonds. The summed E-state index contributed by atoms with van der Waals surface area (Å²) in [6.45, 7) is 2.46. The number of aromatic amines is 1. The Morgan fingerprint density at radius 1 is 1.53 bits per heavy atom. The van der Waals surface area contributed by atoms with Crippen molar-refractivity contribution in [3.05, 3.63) is 29.6 Å². The van der Waals surface area contributed by atoms with E-state index in [0.717, 1.165) is 16.6 Å². The molecule has 0 aliphatic rings. The molecule has 2 rings (SSSR count). The zero-order chi connectivity index (χ0) is 10.8. The summed E-state index contributed by atoms with van der Waals surface area (Å²) < 4.78 is 0. The van der Waals surface area contributed by atoms with Gasteiger partial charge in [0, 0.05) is 0 Å². The maximum Gasteiger partial charge on any atom is 0.136 e. The van der Waals surface area contributed by atoms with Gasteiger partial charge in [0.05, 0.1) is 11.0 Å². The molecule has 15 heavy (non-hydrogen) atoms. The minimum absolute atomic E-state index is 0.456. The van der Waals surface area contributed by atoms with Crippen molar-refractivity contribution in [1.82, 2.24) is 9.97 Å². The van der Waals surface area contributed by atoms with Crippen LogP contribution in [-0.2, 0) is 0 Å². The van der Waals surface area contributed by atoms with Gasteiger partial charge < -0.3 is 15.8 Å². The van der Waals surface area contributed by atoms with Crippen LogP contribution in [0.3, 0.4) is 0 Å². The summed E-state index contributed by atoms with van der Waals surface area (Å²) in [4.78, 5) is 7.47. The Labute approximate surface area is 88.1 Å². The van der Waals surface area contributed by atoms with Crippen molar-refractivity contribution in [2.75, 3.05) is 6.54 Å². The molecular formula is C11H15N3O. The van der Waals surface area contributed by atoms with E-state index in [4.69, 9.17) is 5.73 Å². The molecule has 1 unspecified atom stereocenters. The molecule has 4 nitrogen and oxygen atoms in total. The quantitative estimate of drug-likeness (QED) is 0.706. The molecule has 1 atom stereocenters. The van der Waals surface area contributed by atoms with Crippen molar-refractivity contribution in [3.8, 4) is 0 Å². The summed E-state index contributed by atoms with van der Waals surface area (Å²) in [7, 11) is 0. The molecule has 2 aromatic rings. The number of aromatic nitrogens is 2. The minimum atomic E-state index is -0.596. The lowest BCUT2D eigenvalue weighted by Crippen LogP contribution is -2.07. The highest BCUT2D eigenvalue weighted by molar-refractivity contribution is 5.78. The highest BCUT2D eigenvalue weighted by atomic mass is 16.3. The monoisotopic (exact) mass is 205 g/mol. The average Bonchev–Trinajstić information content (AvgIpc) is 2.63. The lowest BCUT2D eigenvalue weighted by molar-refractivity contribution is 0.162. The van der Waals surface area contributed by atoms with Crippen LogP contribution >= 0.6 is 0 Å². The highest BCUT2D eigenvalue weighted by Crippen LogP contribution is 2.20. The van der Waals surface area contributed by atoms with Gasteiger partial charge in [-0.25, -0.2) is 4.98 Å². The Morgan fingerprint density at radius 2 is 2.33 bits per heavy atom. The highest BCUT2D eigenvalue weighted by Gasteiger charge is 2.12. The second kappa shape index (κ2) is 4.00. The summed E-state index contributed by atoms with van der Waals surface area (Å²) in [5, 5.41) is 9.74. The zero-order valence-electron chi connectivity index (χ0n) is 8.70. The van der Waals surface area contributed by atoms with Crippen molar-refractivity contribution < 1.29 is 5.11 Å². The van der Waals surface area contributed by atoms with Crippen molar-refractivity contribution in [2.24, 2.45) is 5.73 Å². The topological polar surface area (TPSA) is 74.9 Å². The second-order valence-corrected chi connectivity index (χ2v) is 3.69. The fourth-order valence-electron chi connectivity index (χ4n) is 1.65. The average molecular weight is 205 g/mol. The molecule has 0 fully saturated rings. The third kappa shape index (κ3) is 1.86. The van der Waals surface area contributed by atoms with Crippen LogP contribution in [0.4, 0.5) is 0 Å². The molecular weight excluding hydrogens is 190 g/mol. The van der Waals surface area contributed by atoms with Crippen molar-refractivity contribution in [3.63, 3.8) is 0 Å². The number of fused-ring (bicyclic) bond motifs is 1. The van der Waals surface area contributed by atoms with Crippen molar-refractivity contribution in [2.45, 2.75) is 19.4 Å². The van der Waals surface area contributed by atoms with Gasteiger partial charge in [0.15, 0.2) is 0 Å². The largest absolute Gasteiger partial charge is 0.385 e. The van der Waals surface area contributed by atoms with Crippen LogP contribution in [0.15, 0.2) is 18.2 Å². The first-order valence-electron chi connectivity index (χ1n) is 5.05. The Kier molecular flexibility index (Phi) is 2.70. The molecule has 4 heteroatoms. The number of aliphatic hydroxyl groups is 1. The number of imidazole rings is 1. The zero-order valence-corrected chi connectivity index (χ0v) is 8.70. The normalized spacial score (nSPS) is 13.3. The van der Waals surface area contributed by atoms with E-state index < -0.39 is 6.10 Å². The Bertz CT molecular complexity index is 464. The van der Waals surface area contributed by atoms with Gasteiger partial charge in [-0.1, -0.05) is 12.1 Å². The maximum atomic E-state index is 9.74. The summed E-state index contributed by atoms with van der Waals surface area (Å²) in [5.74, 6) is 0.602. The van der Waals surface area contributed by atoms with Gasteiger partial charge >= 0.3 is 0 Å². The molecule has 0 saturated carbocycles. The van der Waals surface area contributed by atoms with Crippen LogP contribution in [0.5, 0.6) is 0 Å². The van der Waals surface area contributed by atoms with E-state index in [1.807, 2.05) is 25.1 Å². The molecule has 0 bridgehead atoms. The molecule has 0 aliphatic carbocycles. The minimum Gasteiger partial charge on any atom is -0.385 e. The van der Waals surface area contributed by atoms with Crippen molar-refractivity contribution in [1.29, 1.82) is 0 Å². The van der Waals surface area contributed by atoms with Gasteiger partial charge in [-0.2, -0.15) is 0 Å². The first kappa shape index (κ1) is 10.1. The third-order valence-electron chi connectivity index (χ3n) is 2.49. The number of aliphatic hydroxyl groups excluding tert-OH is 1. The first-order valence-corrected chi connectivity index (χ1v) is 5.05. The number of H-pyrrole nitrogens is 1. The SMILES string of the molecule is Cc1cccc2[nH]c(C(O)CCN)nc12. The van der Waals surface area contributed by atoms with E-state index in [9.17, 15) is 5.11 Å². The van der Waals surface area contributed by atoms with E-state index in [1.54, 1.807) is 0 Å². The van der Waals surface area contributed by atoms with Crippen LogP contribution in [0.2, 0.25) is 0 Å². The van der Waals surface area contributed by atoms with Gasteiger partial charge in [-0.05, 0) is 31.5 Å². The molecule has 1 aromatic heterocycles. The summed E-state index contributed by atoms with van der Waals surface area (Å²) in [6, 6.07) is 5.92. The lowest BCUT2D eigenvalue weighted by Gasteiger charge is -2.03. The van der Waals surface area contributed by atoms with E-state index in [1.165, 1.54) is 0 Å². The number of aryl methyl sites for hydroxylation is 1. The van der Waals surface area contributed by atoms with Crippen LogP contribution in [-0.4, -0.2) is 21.6 Å². The van der Waals surface area contributed by atoms with Gasteiger partial charge in [-0.3, -0.25) is 0 Å². The summed E-state index contributed by atoms with van der Waals surface area (Å²) >= 11 is 0. The van der Waals surface area contributed by atoms with Crippen LogP contribution in [0.1, 0.15) is 23.9 Å². The van der Waals surface area contributed by atoms with E-state index in [2.05, 4.69) is 9.97 Å². The Hall–Kier alpha value is -1.39. The molecule has 1 heterocycles. The summed E-state index contributed by atoms with van der Waals surface area (Å²) in [5.41, 5.74) is 8.37. The van der Waals surface area contributed by atoms with Gasteiger partial charge in [0.25, 0.3) is 0 Å². The standard InChI is InChI=1S/C11H15N3O/c1-7-3-2-4-8-10(7)14-11(13-8)9(15)5-6-12/h2-4,9,15H,5-6,12H2,1H3,(H,13,14). The predicted molar refractivity (Wildman–Crippen MR) is 59.5 cm³/mol. The second-order valence-electron chi connectivity index (χ2n) is 3.69. The fraction of sp³-hybridized carbons (Fsp3) is 0.364. The van der Waals surface area contributed by atoms with Crippen LogP contribution in [0.25, 0.3) is 11.0 Å². The molecule has 80 valence electrons. The predicted octanol–water partition coefficient (Wildman–Crippen LogP) is 1.25. The number of rotatable bonds is 3. The van der Waals surface area contributed by atoms with E-state index in [-0.39, 0.29) is 0 Å². The summed E-state index contributed by atoms with van der Waals surface area (Å²) in [6.07, 6.45) is -0.0689. The van der Waals surface area contributed by atoms with Crippen molar-refractivity contribution >= 4 is 11.0 Å². The van der Waals surface area contributed by atoms with Crippen LogP contribution in [0, 0.1) is 6.92 Å². The molecule has 0 saturated heterocycles. The number of nitrogens with two attached hydrogens (primary N) is 1. The molecule has 0 radical (unpaired) electrons. The van der Waals surface area contributed by atoms with E-state index in [0.29, 0.717) is 18.8 Å². The van der Waals surface area contributed by atoms with Gasteiger partial charge in [0.2, 0.25) is 0 Å².